The molecule has 0 aromatic heterocycles. The summed E-state index contributed by atoms with van der Waals surface area (Å²) in [6.07, 6.45) is 0. The lowest BCUT2D eigenvalue weighted by Gasteiger charge is -2.15. The largest absolute Gasteiger partial charge is 0.497 e. The number of benzene rings is 3. The summed E-state index contributed by atoms with van der Waals surface area (Å²) in [6, 6.07) is 19.2. The smallest absolute Gasteiger partial charge is 0.340 e. The number of halogens is 1. The molecule has 1 aliphatic rings. The number of imide groups is 1. The number of carbonyl (C=O) groups excluding carboxylic acids is 4. The summed E-state index contributed by atoms with van der Waals surface area (Å²) in [5.74, 6) is -1.79. The van der Waals surface area contributed by atoms with E-state index >= 15 is 0 Å². The number of nitrogens with one attached hydrogen (secondary N) is 2. The quantitative estimate of drug-likeness (QED) is 0.331. The van der Waals surface area contributed by atoms with Gasteiger partial charge in [-0.2, -0.15) is 0 Å². The van der Waals surface area contributed by atoms with Crippen LogP contribution in [0.25, 0.3) is 0 Å². The van der Waals surface area contributed by atoms with Crippen LogP contribution < -0.4 is 20.3 Å². The zero-order valence-corrected chi connectivity index (χ0v) is 20.7. The second-order valence-electron chi connectivity index (χ2n) is 7.76. The third-order valence-corrected chi connectivity index (χ3v) is 5.77. The van der Waals surface area contributed by atoms with Gasteiger partial charge in [-0.1, -0.05) is 29.8 Å². The second kappa shape index (κ2) is 11.0. The third-order valence-electron chi connectivity index (χ3n) is 5.42. The molecule has 3 aromatic carbocycles. The molecule has 0 fully saturated rings. The summed E-state index contributed by atoms with van der Waals surface area (Å²) in [7, 11) is 1.51. The number of anilines is 3. The molecule has 0 atom stereocenters. The number of ether oxygens (including phenoxy) is 2. The number of nitrogens with zero attached hydrogens (tertiary/aromatic N) is 1. The fourth-order valence-corrected chi connectivity index (χ4v) is 3.85. The fourth-order valence-electron chi connectivity index (χ4n) is 3.63. The molecule has 0 radical (unpaired) electrons. The first-order chi connectivity index (χ1) is 17.8. The Kier molecular flexibility index (Phi) is 7.55. The third kappa shape index (κ3) is 5.31. The van der Waals surface area contributed by atoms with Crippen molar-refractivity contribution in [2.24, 2.45) is 0 Å². The minimum atomic E-state index is -0.677. The number of amides is 3. The molecule has 0 unspecified atom stereocenters. The molecular weight excluding hydrogens is 498 g/mol. The van der Waals surface area contributed by atoms with Gasteiger partial charge in [0.15, 0.2) is 0 Å². The number of esters is 1. The van der Waals surface area contributed by atoms with Crippen LogP contribution in [0.2, 0.25) is 0 Å². The van der Waals surface area contributed by atoms with Crippen molar-refractivity contribution in [3.8, 4) is 5.75 Å². The molecule has 0 bridgehead atoms. The second-order valence-corrected chi connectivity index (χ2v) is 8.14. The summed E-state index contributed by atoms with van der Waals surface area (Å²) in [5, 5.41) is 5.28. The van der Waals surface area contributed by atoms with E-state index in [9.17, 15) is 19.2 Å². The monoisotopic (exact) mass is 519 g/mol. The van der Waals surface area contributed by atoms with Gasteiger partial charge in [0, 0.05) is 11.3 Å². The molecule has 1 aliphatic heterocycles. The fraction of sp³-hybridized carbons (Fsp3) is 0.111. The van der Waals surface area contributed by atoms with Gasteiger partial charge in [0.05, 0.1) is 30.7 Å². The van der Waals surface area contributed by atoms with Gasteiger partial charge < -0.3 is 20.1 Å². The van der Waals surface area contributed by atoms with Crippen molar-refractivity contribution >= 4 is 52.4 Å². The SMILES string of the molecule is CCOC(=O)c1ccccc1NC(=O)c1cccc(NC2=C(Cl)C(=O)N(c3ccc(OC)cc3)C2=O)c1. The molecular formula is C27H22ClN3O6. The Balaban J connectivity index is 1.52. The molecule has 37 heavy (non-hydrogen) atoms. The molecule has 2 N–H and O–H groups in total. The Labute approximate surface area is 217 Å². The highest BCUT2D eigenvalue weighted by Crippen LogP contribution is 2.31. The Hall–Kier alpha value is -4.63. The van der Waals surface area contributed by atoms with Gasteiger partial charge >= 0.3 is 5.97 Å². The first-order valence-electron chi connectivity index (χ1n) is 11.2. The maximum absolute atomic E-state index is 13.0. The summed E-state index contributed by atoms with van der Waals surface area (Å²) < 4.78 is 10.2. The molecule has 9 nitrogen and oxygen atoms in total. The lowest BCUT2D eigenvalue weighted by Crippen LogP contribution is -2.32. The van der Waals surface area contributed by atoms with Gasteiger partial charge in [-0.05, 0) is 61.5 Å². The zero-order valence-electron chi connectivity index (χ0n) is 19.9. The Morgan fingerprint density at radius 2 is 1.68 bits per heavy atom. The van der Waals surface area contributed by atoms with Crippen LogP contribution >= 0.6 is 11.6 Å². The average molecular weight is 520 g/mol. The number of hydrogen-bond donors (Lipinski definition) is 2. The van der Waals surface area contributed by atoms with Gasteiger partial charge in [0.2, 0.25) is 0 Å². The average Bonchev–Trinajstić information content (AvgIpc) is 3.12. The van der Waals surface area contributed by atoms with Crippen LogP contribution in [0.3, 0.4) is 0 Å². The number of methoxy groups -OCH3 is 1. The van der Waals surface area contributed by atoms with Crippen LogP contribution in [0.5, 0.6) is 5.75 Å². The van der Waals surface area contributed by atoms with Crippen molar-refractivity contribution in [1.29, 1.82) is 0 Å². The van der Waals surface area contributed by atoms with Crippen molar-refractivity contribution in [2.75, 3.05) is 29.3 Å². The first-order valence-corrected chi connectivity index (χ1v) is 11.6. The molecule has 0 spiro atoms. The van der Waals surface area contributed by atoms with Crippen LogP contribution in [0.15, 0.2) is 83.5 Å². The molecule has 188 valence electrons. The van der Waals surface area contributed by atoms with Gasteiger partial charge in [-0.25, -0.2) is 9.69 Å². The molecule has 0 saturated heterocycles. The topological polar surface area (TPSA) is 114 Å². The van der Waals surface area contributed by atoms with E-state index < -0.39 is 23.7 Å². The van der Waals surface area contributed by atoms with Crippen molar-refractivity contribution in [3.63, 3.8) is 0 Å². The summed E-state index contributed by atoms with van der Waals surface area (Å²) >= 11 is 6.22. The molecule has 0 saturated carbocycles. The lowest BCUT2D eigenvalue weighted by atomic mass is 10.1. The van der Waals surface area contributed by atoms with Crippen molar-refractivity contribution in [2.45, 2.75) is 6.92 Å². The van der Waals surface area contributed by atoms with Crippen molar-refractivity contribution < 1.29 is 28.7 Å². The van der Waals surface area contributed by atoms with Crippen LogP contribution in [-0.2, 0) is 14.3 Å². The van der Waals surface area contributed by atoms with Gasteiger partial charge in [-0.3, -0.25) is 14.4 Å². The predicted molar refractivity (Wildman–Crippen MR) is 139 cm³/mol. The molecule has 1 heterocycles. The van der Waals surface area contributed by atoms with Gasteiger partial charge in [0.1, 0.15) is 16.5 Å². The molecule has 0 aliphatic carbocycles. The standard InChI is InChI=1S/C27H22ClN3O6/c1-3-37-27(35)20-9-4-5-10-21(20)30-24(32)16-7-6-8-17(15-16)29-23-22(28)25(33)31(26(23)34)18-11-13-19(36-2)14-12-18/h4-15,29H,3H2,1-2H3,(H,30,32). The molecule has 4 rings (SSSR count). The van der Waals surface area contributed by atoms with E-state index in [0.717, 1.165) is 4.90 Å². The lowest BCUT2D eigenvalue weighted by molar-refractivity contribution is -0.120. The zero-order chi connectivity index (χ0) is 26.5. The van der Waals surface area contributed by atoms with E-state index in [-0.39, 0.29) is 28.5 Å². The number of para-hydroxylation sites is 1. The first kappa shape index (κ1) is 25.5. The highest BCUT2D eigenvalue weighted by Gasteiger charge is 2.39. The van der Waals surface area contributed by atoms with Crippen LogP contribution in [0.1, 0.15) is 27.6 Å². The summed E-state index contributed by atoms with van der Waals surface area (Å²) in [4.78, 5) is 51.9. The summed E-state index contributed by atoms with van der Waals surface area (Å²) in [6.45, 7) is 1.89. The van der Waals surface area contributed by atoms with Crippen LogP contribution in [0, 0.1) is 0 Å². The predicted octanol–water partition coefficient (Wildman–Crippen LogP) is 4.56. The molecule has 10 heteroatoms. The maximum atomic E-state index is 13.0. The number of hydrogen-bond acceptors (Lipinski definition) is 7. The minimum Gasteiger partial charge on any atom is -0.497 e. The Bertz CT molecular complexity index is 1420. The molecule has 3 amide bonds. The van der Waals surface area contributed by atoms with E-state index in [1.54, 1.807) is 73.7 Å². The molecule has 3 aromatic rings. The number of carbonyl (C=O) groups is 4. The van der Waals surface area contributed by atoms with E-state index in [1.807, 2.05) is 0 Å². The van der Waals surface area contributed by atoms with Gasteiger partial charge in [0.25, 0.3) is 17.7 Å². The minimum absolute atomic E-state index is 0.118. The summed E-state index contributed by atoms with van der Waals surface area (Å²) in [5.41, 5.74) is 1.33. The van der Waals surface area contributed by atoms with Crippen molar-refractivity contribution in [3.05, 3.63) is 94.7 Å². The highest BCUT2D eigenvalue weighted by atomic mass is 35.5. The van der Waals surface area contributed by atoms with E-state index in [2.05, 4.69) is 10.6 Å². The normalized spacial score (nSPS) is 13.0. The highest BCUT2D eigenvalue weighted by molar-refractivity contribution is 6.53. The Morgan fingerprint density at radius 3 is 2.38 bits per heavy atom. The van der Waals surface area contributed by atoms with E-state index in [1.165, 1.54) is 13.2 Å². The van der Waals surface area contributed by atoms with E-state index in [4.69, 9.17) is 21.1 Å². The Morgan fingerprint density at radius 1 is 0.946 bits per heavy atom. The number of rotatable bonds is 8. The van der Waals surface area contributed by atoms with E-state index in [0.29, 0.717) is 22.8 Å². The van der Waals surface area contributed by atoms with Crippen LogP contribution in [0.4, 0.5) is 17.1 Å². The van der Waals surface area contributed by atoms with Gasteiger partial charge in [-0.15, -0.1) is 0 Å². The maximum Gasteiger partial charge on any atom is 0.340 e. The van der Waals surface area contributed by atoms with Crippen molar-refractivity contribution in [1.82, 2.24) is 0 Å². The van der Waals surface area contributed by atoms with Crippen LogP contribution in [-0.4, -0.2) is 37.4 Å².